The second kappa shape index (κ2) is 217. The fraction of sp³-hybridized carbons (Fsp3) is 0.344. The quantitative estimate of drug-likeness (QED) is 0.0152. The Hall–Kier alpha value is -8.72. The molecular formula is C61H109NO27. The lowest BCUT2D eigenvalue weighted by Gasteiger charge is -2.22. The van der Waals surface area contributed by atoms with E-state index in [1.54, 1.807) is 7.11 Å². The van der Waals surface area contributed by atoms with Crippen LogP contribution in [0.1, 0.15) is 76.2 Å². The highest BCUT2D eigenvalue weighted by molar-refractivity contribution is 5.95. The van der Waals surface area contributed by atoms with Crippen LogP contribution < -0.4 is 0 Å². The molecule has 1 aromatic rings. The third-order valence-corrected chi connectivity index (χ3v) is 6.52. The van der Waals surface area contributed by atoms with Gasteiger partial charge < -0.3 is 81.3 Å². The zero-order chi connectivity index (χ0) is 74.8. The molecule has 520 valence electrons. The lowest BCUT2D eigenvalue weighted by molar-refractivity contribution is -0.853. The molecule has 0 bridgehead atoms. The second-order valence-corrected chi connectivity index (χ2v) is 10.5. The van der Waals surface area contributed by atoms with Crippen molar-refractivity contribution in [2.24, 2.45) is 4.99 Å². The van der Waals surface area contributed by atoms with Gasteiger partial charge in [-0.15, -0.1) is 132 Å². The van der Waals surface area contributed by atoms with Crippen LogP contribution in [0.2, 0.25) is 0 Å². The third-order valence-electron chi connectivity index (χ3n) is 6.52. The van der Waals surface area contributed by atoms with Crippen molar-refractivity contribution in [1.29, 1.82) is 0 Å². The predicted molar refractivity (Wildman–Crippen MR) is 348 cm³/mol. The topological polar surface area (TPSA) is 348 Å². The Morgan fingerprint density at radius 1 is 0.404 bits per heavy atom. The lowest BCUT2D eigenvalue weighted by Crippen LogP contribution is -2.39. The number of methoxy groups -OCH3 is 2. The number of carbonyl (C=O) groups excluding carboxylic acids is 11. The fourth-order valence-corrected chi connectivity index (χ4v) is 4.05. The van der Waals surface area contributed by atoms with E-state index in [0.717, 1.165) is 50.1 Å². The van der Waals surface area contributed by atoms with Crippen LogP contribution in [0.3, 0.4) is 0 Å². The summed E-state index contributed by atoms with van der Waals surface area (Å²) >= 11 is 0. The van der Waals surface area contributed by atoms with Gasteiger partial charge in [-0.3, -0.25) is 0 Å². The van der Waals surface area contributed by atoms with Gasteiger partial charge in [0.2, 0.25) is 5.90 Å². The molecule has 0 aromatic heterocycles. The summed E-state index contributed by atoms with van der Waals surface area (Å²) in [5, 5.41) is 35.0. The average molecular weight is 1290 g/mol. The van der Waals surface area contributed by atoms with Crippen LogP contribution in [0.25, 0.3) is 0 Å². The predicted octanol–water partition coefficient (Wildman–Crippen LogP) is 11.4. The molecule has 1 aliphatic heterocycles. The van der Waals surface area contributed by atoms with E-state index in [9.17, 15) is 9.59 Å². The van der Waals surface area contributed by atoms with Crippen molar-refractivity contribution in [3.05, 3.63) is 180 Å². The summed E-state index contributed by atoms with van der Waals surface area (Å²) in [6.45, 7) is 79.8. The van der Waals surface area contributed by atoms with Gasteiger partial charge in [0.05, 0.1) is 26.4 Å². The van der Waals surface area contributed by atoms with Crippen molar-refractivity contribution >= 4 is 79.6 Å². The number of unbranched alkanes of at least 4 members (excludes halogenated alkanes) is 10. The van der Waals surface area contributed by atoms with E-state index < -0.39 is 5.54 Å². The van der Waals surface area contributed by atoms with Crippen molar-refractivity contribution in [3.63, 3.8) is 0 Å². The normalized spacial score (nSPS) is 9.57. The molecule has 0 N–H and O–H groups in total. The molecule has 1 unspecified atom stereocenters. The van der Waals surface area contributed by atoms with E-state index >= 15 is 0 Å². The first-order chi connectivity index (χ1) is 44.2. The molecule has 0 aliphatic carbocycles. The Morgan fingerprint density at radius 3 is 1.06 bits per heavy atom. The zero-order valence-corrected chi connectivity index (χ0v) is 53.4. The van der Waals surface area contributed by atoms with E-state index in [-0.39, 0.29) is 33.0 Å². The highest BCUT2D eigenvalue weighted by atomic mass is 17.9. The second-order valence-electron chi connectivity index (χ2n) is 10.5. The van der Waals surface area contributed by atoms with Crippen molar-refractivity contribution in [2.75, 3.05) is 60.5 Å². The summed E-state index contributed by atoms with van der Waals surface area (Å²) in [6, 6.07) is 9.47. The first-order valence-electron chi connectivity index (χ1n) is 24.1. The monoisotopic (exact) mass is 1290 g/mol. The number of hydrogen-bond donors (Lipinski definition) is 0. The first kappa shape index (κ1) is 134. The molecule has 89 heavy (non-hydrogen) atoms. The molecule has 0 saturated heterocycles. The van der Waals surface area contributed by atoms with Crippen LogP contribution in [0.4, 0.5) is 0 Å². The van der Waals surface area contributed by atoms with Gasteiger partial charge in [0.25, 0.3) is 0 Å². The molecule has 28 nitrogen and oxygen atoms in total. The van der Waals surface area contributed by atoms with E-state index in [0.29, 0.717) is 19.1 Å². The smallest absolute Gasteiger partial charge is 0.217 e. The Morgan fingerprint density at radius 2 is 0.719 bits per heavy atom. The van der Waals surface area contributed by atoms with Gasteiger partial charge in [-0.1, -0.05) is 63.1 Å². The molecule has 0 radical (unpaired) electrons. The van der Waals surface area contributed by atoms with Gasteiger partial charge in [-0.05, 0) is 45.1 Å². The Kier molecular flexibility index (Phi) is 328. The van der Waals surface area contributed by atoms with Gasteiger partial charge in [-0.2, -0.15) is 0 Å². The number of hydrogen-bond acceptors (Lipinski definition) is 28. The lowest BCUT2D eigenvalue weighted by atomic mass is 10.1. The number of nitrogens with zero attached hydrogens (tertiary/aromatic N) is 1. The van der Waals surface area contributed by atoms with Crippen molar-refractivity contribution in [3.8, 4) is 0 Å². The van der Waals surface area contributed by atoms with Gasteiger partial charge >= 0.3 is 0 Å². The number of rotatable bonds is 35. The number of aldehydes is 2. The standard InChI is InChI=1S/C19H27NO16.C13H24O2.10C2H4.9CH2O/c1-21-8-10-23-14-19(16-25-18(20-19)17-6-4-3-5-7-17)15-24-11-13-27-29-31-33-35-36-34-32-30-28-26-12-9-22-2;14-12-10-8-6-4-2-1-3-5-7-9-11-13-15;19*1-2/h3-7,11,13H,8-10,12,14-16H2,1-2H3;12-13H,1-11H2;10*1-2H2;9*1H2/b13-11-;;;;;;;;;;;;;;;;;;;;. The van der Waals surface area contributed by atoms with E-state index in [2.05, 4.69) is 196 Å². The van der Waals surface area contributed by atoms with Crippen molar-refractivity contribution < 1.29 is 132 Å². The highest BCUT2D eigenvalue weighted by Crippen LogP contribution is 2.23. The van der Waals surface area contributed by atoms with E-state index in [1.807, 2.05) is 91.4 Å². The molecule has 2 rings (SSSR count). The van der Waals surface area contributed by atoms with Gasteiger partial charge in [0.1, 0.15) is 99.8 Å². The molecule has 1 heterocycles. The van der Waals surface area contributed by atoms with Crippen molar-refractivity contribution in [2.45, 2.75) is 76.2 Å². The molecular weight excluding hydrogens is 1180 g/mol. The Labute approximate surface area is 531 Å². The maximum atomic E-state index is 10.0. The molecule has 1 aliphatic rings. The Balaban J connectivity index is -0.0000000455. The van der Waals surface area contributed by atoms with Crippen LogP contribution >= 0.6 is 0 Å². The SMILES string of the molecule is C=C.C=C.C=C.C=C.C=C.C=C.C=C.C=C.C=C.C=C.C=O.C=O.C=O.C=O.C=O.C=O.C=O.C=O.C=O.COCCOCC1(CO/C=C\OOOOOOOOOOOCCOC)COC(c2ccccc2)=N1.O=CCCCCCCCCCCCC=O. The minimum absolute atomic E-state index is 0.0761. The number of ether oxygens (including phenoxy) is 5. The van der Waals surface area contributed by atoms with Crippen LogP contribution in [-0.4, -0.2) is 146 Å². The maximum absolute atomic E-state index is 10.0. The maximum Gasteiger partial charge on any atom is 0.217 e. The largest absolute Gasteiger partial charge is 0.495 e. The van der Waals surface area contributed by atoms with Crippen LogP contribution in [0.5, 0.6) is 0 Å². The zero-order valence-electron chi connectivity index (χ0n) is 53.4. The number of aliphatic imine (C=N–C) groups is 1. The highest BCUT2D eigenvalue weighted by Gasteiger charge is 2.38. The summed E-state index contributed by atoms with van der Waals surface area (Å²) < 4.78 is 26.5. The summed E-state index contributed by atoms with van der Waals surface area (Å²) in [5.41, 5.74) is 0.0681. The average Bonchev–Trinajstić information content (AvgIpc) is 4.29. The summed E-state index contributed by atoms with van der Waals surface area (Å²) in [5.74, 6) is 0.495. The third kappa shape index (κ3) is 167. The summed E-state index contributed by atoms with van der Waals surface area (Å²) in [6.07, 6.45) is 16.6. The molecule has 0 fully saturated rings. The molecule has 0 saturated carbocycles. The Bertz CT molecular complexity index is 1220. The molecule has 1 atom stereocenters. The number of benzene rings is 1. The molecule has 28 heteroatoms. The minimum atomic E-state index is -0.776. The van der Waals surface area contributed by atoms with Crippen LogP contribution in [0.15, 0.2) is 179 Å². The van der Waals surface area contributed by atoms with Gasteiger partial charge in [0.15, 0.2) is 11.8 Å². The minimum Gasteiger partial charge on any atom is -0.495 e. The van der Waals surface area contributed by atoms with Gasteiger partial charge in [0, 0.05) is 57.8 Å². The fourth-order valence-electron chi connectivity index (χ4n) is 4.05. The van der Waals surface area contributed by atoms with Crippen LogP contribution in [0, 0.1) is 0 Å². The number of carbonyl (C=O) groups is 11. The van der Waals surface area contributed by atoms with Gasteiger partial charge in [-0.25, -0.2) is 9.88 Å². The molecule has 1 aromatic carbocycles. The van der Waals surface area contributed by atoms with E-state index in [4.69, 9.17) is 62.1 Å². The summed E-state index contributed by atoms with van der Waals surface area (Å²) in [7, 11) is 3.06. The van der Waals surface area contributed by atoms with E-state index in [1.165, 1.54) is 58.3 Å². The summed E-state index contributed by atoms with van der Waals surface area (Å²) in [4.78, 5) is 106. The first-order valence-corrected chi connectivity index (χ1v) is 24.1. The molecule has 0 amide bonds. The van der Waals surface area contributed by atoms with Crippen LogP contribution in [-0.2, 0) is 132 Å². The molecule has 0 spiro atoms. The van der Waals surface area contributed by atoms with Crippen molar-refractivity contribution in [1.82, 2.24) is 0 Å².